The topological polar surface area (TPSA) is 75.4 Å². The molecule has 0 heterocycles. The zero-order chi connectivity index (χ0) is 13.4. The third-order valence-corrected chi connectivity index (χ3v) is 4.66. The zero-order valence-corrected chi connectivity index (χ0v) is 10.9. The van der Waals surface area contributed by atoms with Gasteiger partial charge in [-0.05, 0) is 48.8 Å². The number of anilines is 1. The fourth-order valence-electron chi connectivity index (χ4n) is 3.70. The van der Waals surface area contributed by atoms with Crippen LogP contribution in [0.2, 0.25) is 0 Å². The van der Waals surface area contributed by atoms with Crippen molar-refractivity contribution >= 4 is 11.6 Å². The number of carbonyl (C=O) groups excluding carboxylic acids is 1. The molecular formula is C15H20N2O2. The van der Waals surface area contributed by atoms with Crippen LogP contribution >= 0.6 is 0 Å². The zero-order valence-electron chi connectivity index (χ0n) is 10.9. The van der Waals surface area contributed by atoms with Crippen molar-refractivity contribution in [2.24, 2.45) is 23.5 Å². The third kappa shape index (κ3) is 2.26. The highest BCUT2D eigenvalue weighted by Gasteiger charge is 2.49. The lowest BCUT2D eigenvalue weighted by atomic mass is 9.84. The molecule has 0 spiro atoms. The monoisotopic (exact) mass is 260 g/mol. The summed E-state index contributed by atoms with van der Waals surface area (Å²) < 4.78 is 0. The second-order valence-electron chi connectivity index (χ2n) is 5.78. The summed E-state index contributed by atoms with van der Waals surface area (Å²) >= 11 is 0. The van der Waals surface area contributed by atoms with Crippen LogP contribution in [0.5, 0.6) is 0 Å². The molecule has 0 radical (unpaired) electrons. The highest BCUT2D eigenvalue weighted by Crippen LogP contribution is 2.47. The van der Waals surface area contributed by atoms with Gasteiger partial charge in [-0.15, -0.1) is 0 Å². The number of rotatable bonds is 3. The summed E-state index contributed by atoms with van der Waals surface area (Å²) in [6.07, 6.45) is 3.42. The van der Waals surface area contributed by atoms with Crippen molar-refractivity contribution in [3.63, 3.8) is 0 Å². The second kappa shape index (κ2) is 4.94. The van der Waals surface area contributed by atoms with E-state index < -0.39 is 0 Å². The summed E-state index contributed by atoms with van der Waals surface area (Å²) in [5.41, 5.74) is 7.72. The lowest BCUT2D eigenvalue weighted by Gasteiger charge is -2.27. The molecule has 1 aromatic rings. The summed E-state index contributed by atoms with van der Waals surface area (Å²) in [7, 11) is 0. The van der Waals surface area contributed by atoms with Crippen molar-refractivity contribution in [2.45, 2.75) is 31.9 Å². The number of nitrogens with two attached hydrogens (primary N) is 1. The summed E-state index contributed by atoms with van der Waals surface area (Å²) in [4.78, 5) is 12.4. The van der Waals surface area contributed by atoms with Crippen LogP contribution in [0.1, 0.15) is 24.8 Å². The normalized spacial score (nSPS) is 32.5. The van der Waals surface area contributed by atoms with Crippen molar-refractivity contribution in [3.05, 3.63) is 29.8 Å². The number of benzene rings is 1. The molecule has 4 nitrogen and oxygen atoms in total. The van der Waals surface area contributed by atoms with Crippen molar-refractivity contribution in [2.75, 3.05) is 5.32 Å². The lowest BCUT2D eigenvalue weighted by Crippen LogP contribution is -2.42. The molecule has 1 amide bonds. The van der Waals surface area contributed by atoms with E-state index >= 15 is 0 Å². The number of fused-ring (bicyclic) bond motifs is 2. The van der Waals surface area contributed by atoms with Crippen molar-refractivity contribution < 1.29 is 9.90 Å². The predicted octanol–water partition coefficient (Wildman–Crippen LogP) is 1.49. The van der Waals surface area contributed by atoms with Gasteiger partial charge in [0.1, 0.15) is 0 Å². The highest BCUT2D eigenvalue weighted by atomic mass is 16.3. The van der Waals surface area contributed by atoms with Gasteiger partial charge in [0.2, 0.25) is 5.91 Å². The molecule has 0 saturated heterocycles. The molecule has 4 N–H and O–H groups in total. The molecule has 2 saturated carbocycles. The second-order valence-corrected chi connectivity index (χ2v) is 5.78. The summed E-state index contributed by atoms with van der Waals surface area (Å²) in [5.74, 6) is 0.983. The molecule has 2 aliphatic rings. The minimum Gasteiger partial charge on any atom is -0.392 e. The Morgan fingerprint density at radius 2 is 2.16 bits per heavy atom. The molecule has 2 aliphatic carbocycles. The van der Waals surface area contributed by atoms with E-state index in [9.17, 15) is 4.79 Å². The molecule has 4 unspecified atom stereocenters. The van der Waals surface area contributed by atoms with Crippen LogP contribution < -0.4 is 11.1 Å². The molecule has 102 valence electrons. The molecule has 2 bridgehead atoms. The van der Waals surface area contributed by atoms with E-state index in [4.69, 9.17) is 10.8 Å². The first-order valence-corrected chi connectivity index (χ1v) is 6.95. The molecule has 4 atom stereocenters. The minimum atomic E-state index is -0.0449. The van der Waals surface area contributed by atoms with E-state index in [1.807, 2.05) is 18.2 Å². The number of hydrogen-bond acceptors (Lipinski definition) is 3. The van der Waals surface area contributed by atoms with Crippen LogP contribution in [0, 0.1) is 17.8 Å². The minimum absolute atomic E-state index is 0.0137. The Morgan fingerprint density at radius 3 is 2.84 bits per heavy atom. The van der Waals surface area contributed by atoms with E-state index in [1.54, 1.807) is 6.07 Å². The average Bonchev–Trinajstić information content (AvgIpc) is 2.99. The number of hydrogen-bond donors (Lipinski definition) is 3. The van der Waals surface area contributed by atoms with Gasteiger partial charge in [-0.1, -0.05) is 12.1 Å². The van der Waals surface area contributed by atoms with Gasteiger partial charge in [0, 0.05) is 11.7 Å². The Hall–Kier alpha value is -1.39. The Balaban J connectivity index is 1.71. The number of carbonyl (C=O) groups is 1. The van der Waals surface area contributed by atoms with Gasteiger partial charge in [-0.2, -0.15) is 0 Å². The Bertz CT molecular complexity index is 487. The van der Waals surface area contributed by atoms with Crippen molar-refractivity contribution in [1.29, 1.82) is 0 Å². The maximum atomic E-state index is 12.4. The molecule has 1 aromatic carbocycles. The van der Waals surface area contributed by atoms with Gasteiger partial charge < -0.3 is 16.2 Å². The molecule has 0 aliphatic heterocycles. The first-order valence-electron chi connectivity index (χ1n) is 6.95. The fraction of sp³-hybridized carbons (Fsp3) is 0.533. The van der Waals surface area contributed by atoms with Gasteiger partial charge in [0.15, 0.2) is 0 Å². The third-order valence-electron chi connectivity index (χ3n) is 4.66. The Kier molecular flexibility index (Phi) is 3.29. The maximum Gasteiger partial charge on any atom is 0.229 e. The van der Waals surface area contributed by atoms with Crippen LogP contribution in [-0.2, 0) is 11.4 Å². The van der Waals surface area contributed by atoms with E-state index in [0.29, 0.717) is 11.8 Å². The Labute approximate surface area is 113 Å². The summed E-state index contributed by atoms with van der Waals surface area (Å²) in [6.45, 7) is -0.0165. The van der Waals surface area contributed by atoms with Crippen LogP contribution in [0.15, 0.2) is 24.3 Å². The average molecular weight is 260 g/mol. The van der Waals surface area contributed by atoms with Crippen LogP contribution in [0.4, 0.5) is 5.69 Å². The van der Waals surface area contributed by atoms with Crippen LogP contribution in [0.25, 0.3) is 0 Å². The van der Waals surface area contributed by atoms with Crippen molar-refractivity contribution in [3.8, 4) is 0 Å². The lowest BCUT2D eigenvalue weighted by molar-refractivity contribution is -0.121. The molecule has 4 heteroatoms. The smallest absolute Gasteiger partial charge is 0.229 e. The predicted molar refractivity (Wildman–Crippen MR) is 73.3 cm³/mol. The first-order chi connectivity index (χ1) is 9.19. The van der Waals surface area contributed by atoms with E-state index in [-0.39, 0.29) is 24.5 Å². The van der Waals surface area contributed by atoms with Gasteiger partial charge in [0.05, 0.1) is 12.5 Å². The molecule has 19 heavy (non-hydrogen) atoms. The molecular weight excluding hydrogens is 240 g/mol. The van der Waals surface area contributed by atoms with Crippen LogP contribution in [0.3, 0.4) is 0 Å². The molecule has 0 aromatic heterocycles. The standard InChI is InChI=1S/C15H20N2O2/c16-14-11-5-4-10(7-11)13(14)15(19)17-12-3-1-2-9(6-12)8-18/h1-3,6,10-11,13-14,18H,4-5,7-8,16H2,(H,17,19). The number of aliphatic hydroxyl groups is 1. The summed E-state index contributed by atoms with van der Waals surface area (Å²) in [5, 5.41) is 12.0. The quantitative estimate of drug-likeness (QED) is 0.770. The number of amides is 1. The number of aliphatic hydroxyl groups excluding tert-OH is 1. The largest absolute Gasteiger partial charge is 0.392 e. The summed E-state index contributed by atoms with van der Waals surface area (Å²) in [6, 6.07) is 7.33. The first kappa shape index (κ1) is 12.6. The Morgan fingerprint density at radius 1 is 1.37 bits per heavy atom. The maximum absolute atomic E-state index is 12.4. The highest BCUT2D eigenvalue weighted by molar-refractivity contribution is 5.93. The SMILES string of the molecule is NC1C2CCC(C2)C1C(=O)Nc1cccc(CO)c1. The fourth-order valence-corrected chi connectivity index (χ4v) is 3.70. The number of nitrogens with one attached hydrogen (secondary N) is 1. The van der Waals surface area contributed by atoms with Gasteiger partial charge in [-0.3, -0.25) is 4.79 Å². The van der Waals surface area contributed by atoms with E-state index in [2.05, 4.69) is 5.32 Å². The van der Waals surface area contributed by atoms with E-state index in [0.717, 1.165) is 24.1 Å². The van der Waals surface area contributed by atoms with E-state index in [1.165, 1.54) is 6.42 Å². The molecule has 2 fully saturated rings. The van der Waals surface area contributed by atoms with Gasteiger partial charge in [-0.25, -0.2) is 0 Å². The van der Waals surface area contributed by atoms with Crippen LogP contribution in [-0.4, -0.2) is 17.1 Å². The van der Waals surface area contributed by atoms with Gasteiger partial charge >= 0.3 is 0 Å². The molecule has 3 rings (SSSR count). The van der Waals surface area contributed by atoms with Crippen molar-refractivity contribution in [1.82, 2.24) is 0 Å². The van der Waals surface area contributed by atoms with Gasteiger partial charge in [0.25, 0.3) is 0 Å².